The molecule has 0 heterocycles. The molecule has 0 fully saturated rings. The molecule has 2 N–H and O–H groups in total. The number of rotatable bonds is 10. The lowest BCUT2D eigenvalue weighted by Crippen LogP contribution is -2.44. The maximum Gasteiger partial charge on any atom is 0.0759 e. The average molecular weight is 274 g/mol. The van der Waals surface area contributed by atoms with Gasteiger partial charge in [-0.15, -0.1) is 0 Å². The fraction of sp³-hybridized carbons (Fsp3) is 0.867. The lowest BCUT2D eigenvalue weighted by Gasteiger charge is -2.41. The second-order valence-corrected chi connectivity index (χ2v) is 5.44. The van der Waals surface area contributed by atoms with Crippen LogP contribution in [-0.4, -0.2) is 48.3 Å². The van der Waals surface area contributed by atoms with Crippen molar-refractivity contribution in [3.63, 3.8) is 0 Å². The summed E-state index contributed by atoms with van der Waals surface area (Å²) < 4.78 is 11.4. The van der Waals surface area contributed by atoms with Gasteiger partial charge >= 0.3 is 0 Å². The van der Waals surface area contributed by atoms with E-state index in [-0.39, 0.29) is 31.2 Å². The summed E-state index contributed by atoms with van der Waals surface area (Å²) in [5.41, 5.74) is 0.555. The first kappa shape index (κ1) is 18.6. The Morgan fingerprint density at radius 2 is 1.63 bits per heavy atom. The minimum Gasteiger partial charge on any atom is -0.394 e. The highest BCUT2D eigenvalue weighted by molar-refractivity contribution is 5.11. The zero-order valence-electron chi connectivity index (χ0n) is 13.0. The van der Waals surface area contributed by atoms with Crippen LogP contribution in [0.2, 0.25) is 0 Å². The second kappa shape index (κ2) is 8.69. The monoisotopic (exact) mass is 274 g/mol. The highest BCUT2D eigenvalue weighted by atomic mass is 16.5. The molecule has 0 aliphatic carbocycles. The van der Waals surface area contributed by atoms with E-state index in [1.807, 2.05) is 13.8 Å². The van der Waals surface area contributed by atoms with Gasteiger partial charge in [0.2, 0.25) is 0 Å². The third-order valence-corrected chi connectivity index (χ3v) is 4.05. The molecule has 3 atom stereocenters. The van der Waals surface area contributed by atoms with Gasteiger partial charge in [0, 0.05) is 5.92 Å². The van der Waals surface area contributed by atoms with Gasteiger partial charge in [-0.05, 0) is 25.3 Å². The van der Waals surface area contributed by atoms with E-state index < -0.39 is 5.60 Å². The van der Waals surface area contributed by atoms with E-state index >= 15 is 0 Å². The zero-order chi connectivity index (χ0) is 15.1. The van der Waals surface area contributed by atoms with Gasteiger partial charge < -0.3 is 19.7 Å². The van der Waals surface area contributed by atoms with Crippen LogP contribution in [0, 0.1) is 11.8 Å². The normalized spacial score (nSPS) is 18.1. The Morgan fingerprint density at radius 1 is 1.11 bits per heavy atom. The van der Waals surface area contributed by atoms with E-state index in [0.29, 0.717) is 13.2 Å². The van der Waals surface area contributed by atoms with Crippen molar-refractivity contribution < 1.29 is 19.7 Å². The van der Waals surface area contributed by atoms with E-state index in [4.69, 9.17) is 19.7 Å². The van der Waals surface area contributed by atoms with E-state index in [2.05, 4.69) is 27.4 Å². The Balaban J connectivity index is 4.78. The lowest BCUT2D eigenvalue weighted by atomic mass is 9.76. The van der Waals surface area contributed by atoms with Crippen molar-refractivity contribution in [2.75, 3.05) is 26.4 Å². The molecule has 0 radical (unpaired) electrons. The predicted molar refractivity (Wildman–Crippen MR) is 77.1 cm³/mol. The molecule has 0 spiro atoms. The summed E-state index contributed by atoms with van der Waals surface area (Å²) in [5, 5.41) is 17.7. The molecule has 0 bridgehead atoms. The van der Waals surface area contributed by atoms with Crippen LogP contribution in [0.1, 0.15) is 34.6 Å². The molecule has 0 aromatic rings. The molecule has 0 saturated carbocycles. The Labute approximate surface area is 117 Å². The second-order valence-electron chi connectivity index (χ2n) is 5.44. The van der Waals surface area contributed by atoms with Crippen LogP contribution in [0.3, 0.4) is 0 Å². The molecule has 0 saturated heterocycles. The van der Waals surface area contributed by atoms with E-state index in [0.717, 1.165) is 5.57 Å². The number of hydrogen-bond donors (Lipinski definition) is 2. The van der Waals surface area contributed by atoms with Crippen molar-refractivity contribution in [3.8, 4) is 0 Å². The van der Waals surface area contributed by atoms with Crippen LogP contribution in [0.4, 0.5) is 0 Å². The maximum atomic E-state index is 8.96. The Morgan fingerprint density at radius 3 is 2.05 bits per heavy atom. The summed E-state index contributed by atoms with van der Waals surface area (Å²) in [6, 6.07) is 0. The Hall–Kier alpha value is -0.420. The number of aliphatic hydroxyl groups excluding tert-OH is 2. The third-order valence-electron chi connectivity index (χ3n) is 4.05. The standard InChI is InChI=1S/C15H30O4/c1-11(2)15(6,19-10-8-17)13(4)12(3)14(5)18-9-7-16/h11,13-14,16-17H,3,7-10H2,1-2,4-6H3. The van der Waals surface area contributed by atoms with Crippen LogP contribution in [-0.2, 0) is 9.47 Å². The third kappa shape index (κ3) is 5.22. The smallest absolute Gasteiger partial charge is 0.0759 e. The van der Waals surface area contributed by atoms with Crippen molar-refractivity contribution >= 4 is 0 Å². The maximum absolute atomic E-state index is 8.96. The van der Waals surface area contributed by atoms with Crippen molar-refractivity contribution in [1.82, 2.24) is 0 Å². The van der Waals surface area contributed by atoms with Gasteiger partial charge in [0.05, 0.1) is 38.1 Å². The van der Waals surface area contributed by atoms with E-state index in [9.17, 15) is 0 Å². The van der Waals surface area contributed by atoms with Crippen molar-refractivity contribution in [1.29, 1.82) is 0 Å². The summed E-state index contributed by atoms with van der Waals surface area (Å²) in [5.74, 6) is 0.378. The van der Waals surface area contributed by atoms with Crippen LogP contribution in [0.15, 0.2) is 12.2 Å². The van der Waals surface area contributed by atoms with Gasteiger partial charge in [-0.3, -0.25) is 0 Å². The first-order chi connectivity index (χ1) is 8.81. The molecule has 0 aliphatic rings. The summed E-state index contributed by atoms with van der Waals surface area (Å²) >= 11 is 0. The van der Waals surface area contributed by atoms with Crippen LogP contribution >= 0.6 is 0 Å². The first-order valence-corrected chi connectivity index (χ1v) is 6.97. The summed E-state index contributed by atoms with van der Waals surface area (Å²) in [6.07, 6.45) is -0.127. The molecule has 0 aromatic carbocycles. The lowest BCUT2D eigenvalue weighted by molar-refractivity contribution is -0.105. The fourth-order valence-corrected chi connectivity index (χ4v) is 2.11. The van der Waals surface area contributed by atoms with Gasteiger partial charge in [-0.2, -0.15) is 0 Å². The Kier molecular flexibility index (Phi) is 8.50. The molecule has 0 aromatic heterocycles. The SMILES string of the molecule is C=C(C(C)OCCO)C(C)C(C)(OCCO)C(C)C. The van der Waals surface area contributed by atoms with Gasteiger partial charge in [-0.1, -0.05) is 27.4 Å². The summed E-state index contributed by atoms with van der Waals surface area (Å²) in [4.78, 5) is 0. The van der Waals surface area contributed by atoms with E-state index in [1.54, 1.807) is 0 Å². The molecular formula is C15H30O4. The molecule has 0 aliphatic heterocycles. The highest BCUT2D eigenvalue weighted by Crippen LogP contribution is 2.35. The number of aliphatic hydroxyl groups is 2. The molecule has 4 nitrogen and oxygen atoms in total. The predicted octanol–water partition coefficient (Wildman–Crippen LogP) is 2.00. The van der Waals surface area contributed by atoms with Crippen LogP contribution in [0.5, 0.6) is 0 Å². The highest BCUT2D eigenvalue weighted by Gasteiger charge is 2.38. The van der Waals surface area contributed by atoms with Gasteiger partial charge in [0.25, 0.3) is 0 Å². The molecule has 19 heavy (non-hydrogen) atoms. The molecule has 114 valence electrons. The zero-order valence-corrected chi connectivity index (χ0v) is 13.0. The molecule has 0 amide bonds. The number of ether oxygens (including phenoxy) is 2. The van der Waals surface area contributed by atoms with Gasteiger partial charge in [-0.25, -0.2) is 0 Å². The molecular weight excluding hydrogens is 244 g/mol. The molecule has 0 rings (SSSR count). The minimum atomic E-state index is -0.392. The van der Waals surface area contributed by atoms with Crippen molar-refractivity contribution in [2.24, 2.45) is 11.8 Å². The topological polar surface area (TPSA) is 58.9 Å². The largest absolute Gasteiger partial charge is 0.394 e. The van der Waals surface area contributed by atoms with Crippen molar-refractivity contribution in [2.45, 2.75) is 46.3 Å². The quantitative estimate of drug-likeness (QED) is 0.598. The fourth-order valence-electron chi connectivity index (χ4n) is 2.11. The van der Waals surface area contributed by atoms with E-state index in [1.165, 1.54) is 0 Å². The first-order valence-electron chi connectivity index (χ1n) is 6.97. The Bertz CT molecular complexity index is 265. The minimum absolute atomic E-state index is 0.00839. The molecule has 3 unspecified atom stereocenters. The average Bonchev–Trinajstić information content (AvgIpc) is 2.39. The summed E-state index contributed by atoms with van der Waals surface area (Å²) in [6.45, 7) is 15.0. The summed E-state index contributed by atoms with van der Waals surface area (Å²) in [7, 11) is 0. The van der Waals surface area contributed by atoms with Crippen LogP contribution < -0.4 is 0 Å². The van der Waals surface area contributed by atoms with Gasteiger partial charge in [0.1, 0.15) is 0 Å². The number of hydrogen-bond acceptors (Lipinski definition) is 4. The molecule has 4 heteroatoms. The van der Waals surface area contributed by atoms with Crippen LogP contribution in [0.25, 0.3) is 0 Å². The van der Waals surface area contributed by atoms with Gasteiger partial charge in [0.15, 0.2) is 0 Å². The van der Waals surface area contributed by atoms with Crippen molar-refractivity contribution in [3.05, 3.63) is 12.2 Å².